The van der Waals surface area contributed by atoms with Crippen molar-refractivity contribution in [3.8, 4) is 0 Å². The van der Waals surface area contributed by atoms with Crippen molar-refractivity contribution in [3.63, 3.8) is 0 Å². The molecule has 3 atom stereocenters. The van der Waals surface area contributed by atoms with Crippen molar-refractivity contribution in [1.82, 2.24) is 10.2 Å². The fourth-order valence-electron chi connectivity index (χ4n) is 2.91. The molecule has 2 rings (SSSR count). The van der Waals surface area contributed by atoms with E-state index in [1.807, 2.05) is 0 Å². The van der Waals surface area contributed by atoms with Crippen LogP contribution in [0.5, 0.6) is 0 Å². The number of rotatable bonds is 5. The van der Waals surface area contributed by atoms with E-state index >= 15 is 0 Å². The Bertz CT molecular complexity index is 240. The van der Waals surface area contributed by atoms with Crippen LogP contribution in [0.2, 0.25) is 0 Å². The number of aliphatic hydroxyl groups excluding tert-OH is 1. The van der Waals surface area contributed by atoms with Crippen molar-refractivity contribution < 1.29 is 5.11 Å². The Balaban J connectivity index is 1.93. The van der Waals surface area contributed by atoms with Crippen LogP contribution in [0.25, 0.3) is 0 Å². The van der Waals surface area contributed by atoms with Gasteiger partial charge in [-0.3, -0.25) is 4.90 Å². The highest BCUT2D eigenvalue weighted by Crippen LogP contribution is 2.26. The van der Waals surface area contributed by atoms with Crippen LogP contribution in [0.15, 0.2) is 0 Å². The van der Waals surface area contributed by atoms with Gasteiger partial charge in [-0.1, -0.05) is 6.92 Å². The van der Waals surface area contributed by atoms with Crippen LogP contribution >= 0.6 is 0 Å². The lowest BCUT2D eigenvalue weighted by atomic mass is 9.87. The van der Waals surface area contributed by atoms with Gasteiger partial charge in [-0.05, 0) is 45.4 Å². The maximum atomic E-state index is 10.1. The Labute approximate surface area is 106 Å². The molecule has 0 bridgehead atoms. The van der Waals surface area contributed by atoms with Crippen molar-refractivity contribution >= 4 is 0 Å². The summed E-state index contributed by atoms with van der Waals surface area (Å²) >= 11 is 0. The Kier molecular flexibility index (Phi) is 4.45. The van der Waals surface area contributed by atoms with Gasteiger partial charge in [0, 0.05) is 31.2 Å². The molecule has 17 heavy (non-hydrogen) atoms. The van der Waals surface area contributed by atoms with Crippen LogP contribution in [0.1, 0.15) is 46.5 Å². The molecule has 3 unspecified atom stereocenters. The minimum absolute atomic E-state index is 0.125. The minimum Gasteiger partial charge on any atom is -0.393 e. The summed E-state index contributed by atoms with van der Waals surface area (Å²) in [4.78, 5) is 2.52. The molecule has 1 saturated heterocycles. The lowest BCUT2D eigenvalue weighted by Crippen LogP contribution is -2.54. The van der Waals surface area contributed by atoms with Crippen molar-refractivity contribution in [1.29, 1.82) is 0 Å². The van der Waals surface area contributed by atoms with Crippen LogP contribution in [-0.4, -0.2) is 47.3 Å². The van der Waals surface area contributed by atoms with E-state index in [4.69, 9.17) is 0 Å². The molecule has 1 heterocycles. The van der Waals surface area contributed by atoms with E-state index in [-0.39, 0.29) is 6.10 Å². The Morgan fingerprint density at radius 1 is 1.24 bits per heavy atom. The zero-order valence-corrected chi connectivity index (χ0v) is 11.5. The number of aliphatic hydroxyl groups is 1. The first kappa shape index (κ1) is 13.3. The molecule has 1 saturated carbocycles. The molecule has 0 radical (unpaired) electrons. The van der Waals surface area contributed by atoms with Gasteiger partial charge in [0.15, 0.2) is 0 Å². The first-order chi connectivity index (χ1) is 8.10. The van der Waals surface area contributed by atoms with Gasteiger partial charge in [0.1, 0.15) is 0 Å². The summed E-state index contributed by atoms with van der Waals surface area (Å²) in [6.07, 6.45) is 4.60. The van der Waals surface area contributed by atoms with E-state index in [1.165, 1.54) is 12.8 Å². The molecule has 0 aromatic heterocycles. The minimum atomic E-state index is -0.125. The van der Waals surface area contributed by atoms with Gasteiger partial charge in [-0.2, -0.15) is 0 Å². The van der Waals surface area contributed by atoms with Gasteiger partial charge in [0.2, 0.25) is 0 Å². The molecule has 2 aliphatic rings. The summed E-state index contributed by atoms with van der Waals surface area (Å²) < 4.78 is 0. The molecule has 0 aromatic rings. The van der Waals surface area contributed by atoms with Crippen molar-refractivity contribution in [2.24, 2.45) is 5.92 Å². The second-order valence-electron chi connectivity index (χ2n) is 6.16. The lowest BCUT2D eigenvalue weighted by molar-refractivity contribution is 0.0243. The van der Waals surface area contributed by atoms with Gasteiger partial charge in [0.25, 0.3) is 0 Å². The van der Waals surface area contributed by atoms with Crippen LogP contribution < -0.4 is 5.32 Å². The number of nitrogens with zero attached hydrogens (tertiary/aromatic N) is 1. The average molecular weight is 240 g/mol. The largest absolute Gasteiger partial charge is 0.393 e. The van der Waals surface area contributed by atoms with Gasteiger partial charge >= 0.3 is 0 Å². The molecule has 1 aliphatic heterocycles. The highest BCUT2D eigenvalue weighted by atomic mass is 16.3. The van der Waals surface area contributed by atoms with E-state index in [2.05, 4.69) is 31.0 Å². The van der Waals surface area contributed by atoms with Gasteiger partial charge in [0.05, 0.1) is 6.10 Å². The summed E-state index contributed by atoms with van der Waals surface area (Å²) in [5.74, 6) is 0.451. The lowest BCUT2D eigenvalue weighted by Gasteiger charge is -2.42. The van der Waals surface area contributed by atoms with E-state index < -0.39 is 0 Å². The van der Waals surface area contributed by atoms with Gasteiger partial charge in [-0.15, -0.1) is 0 Å². The monoisotopic (exact) mass is 240 g/mol. The number of hydrogen-bond donors (Lipinski definition) is 2. The average Bonchev–Trinajstić information content (AvgIpc) is 3.11. The number of nitrogens with one attached hydrogen (secondary N) is 1. The highest BCUT2D eigenvalue weighted by Gasteiger charge is 2.34. The quantitative estimate of drug-likeness (QED) is 0.766. The molecule has 3 nitrogen and oxygen atoms in total. The summed E-state index contributed by atoms with van der Waals surface area (Å²) in [5, 5.41) is 13.8. The third-order valence-electron chi connectivity index (χ3n) is 4.25. The number of hydrogen-bond acceptors (Lipinski definition) is 3. The molecule has 100 valence electrons. The predicted molar refractivity (Wildman–Crippen MR) is 71.1 cm³/mol. The topological polar surface area (TPSA) is 35.5 Å². The molecular weight excluding hydrogens is 212 g/mol. The molecule has 2 fully saturated rings. The molecular formula is C14H28N2O. The zero-order chi connectivity index (χ0) is 12.4. The first-order valence-corrected chi connectivity index (χ1v) is 7.28. The SMILES string of the molecule is CCC(O)C1CC(NC2CC2)CN(C(C)C)C1. The van der Waals surface area contributed by atoms with E-state index in [1.54, 1.807) is 0 Å². The summed E-state index contributed by atoms with van der Waals surface area (Å²) in [6.45, 7) is 8.82. The normalized spacial score (nSPS) is 33.0. The van der Waals surface area contributed by atoms with Crippen molar-refractivity contribution in [3.05, 3.63) is 0 Å². The second kappa shape index (κ2) is 5.68. The standard InChI is InChI=1S/C14H28N2O/c1-4-14(17)11-7-13(15-12-5-6-12)9-16(8-11)10(2)3/h10-15,17H,4-9H2,1-3H3. The first-order valence-electron chi connectivity index (χ1n) is 7.28. The summed E-state index contributed by atoms with van der Waals surface area (Å²) in [6, 6.07) is 1.95. The smallest absolute Gasteiger partial charge is 0.0578 e. The predicted octanol–water partition coefficient (Wildman–Crippen LogP) is 1.61. The Morgan fingerprint density at radius 3 is 2.47 bits per heavy atom. The molecule has 3 heteroatoms. The summed E-state index contributed by atoms with van der Waals surface area (Å²) in [7, 11) is 0. The molecule has 0 aromatic carbocycles. The summed E-state index contributed by atoms with van der Waals surface area (Å²) in [5.41, 5.74) is 0. The number of piperidine rings is 1. The fraction of sp³-hybridized carbons (Fsp3) is 1.00. The van der Waals surface area contributed by atoms with Crippen LogP contribution in [0, 0.1) is 5.92 Å². The maximum Gasteiger partial charge on any atom is 0.0578 e. The Hall–Kier alpha value is -0.120. The van der Waals surface area contributed by atoms with Crippen molar-refractivity contribution in [2.45, 2.75) is 70.7 Å². The highest BCUT2D eigenvalue weighted by molar-refractivity contribution is 4.92. The molecule has 2 N–H and O–H groups in total. The third kappa shape index (κ3) is 3.67. The van der Waals surface area contributed by atoms with Gasteiger partial charge < -0.3 is 10.4 Å². The van der Waals surface area contributed by atoms with E-state index in [0.717, 1.165) is 32.0 Å². The second-order valence-corrected chi connectivity index (χ2v) is 6.16. The number of likely N-dealkylation sites (tertiary alicyclic amines) is 1. The van der Waals surface area contributed by atoms with Crippen LogP contribution in [0.3, 0.4) is 0 Å². The molecule has 0 spiro atoms. The van der Waals surface area contributed by atoms with E-state index in [0.29, 0.717) is 18.0 Å². The van der Waals surface area contributed by atoms with Crippen molar-refractivity contribution in [2.75, 3.05) is 13.1 Å². The Morgan fingerprint density at radius 2 is 1.94 bits per heavy atom. The van der Waals surface area contributed by atoms with Crippen LogP contribution in [0.4, 0.5) is 0 Å². The molecule has 0 amide bonds. The zero-order valence-electron chi connectivity index (χ0n) is 11.5. The maximum absolute atomic E-state index is 10.1. The fourth-order valence-corrected chi connectivity index (χ4v) is 2.91. The van der Waals surface area contributed by atoms with E-state index in [9.17, 15) is 5.11 Å². The van der Waals surface area contributed by atoms with Crippen LogP contribution in [-0.2, 0) is 0 Å². The third-order valence-corrected chi connectivity index (χ3v) is 4.25. The van der Waals surface area contributed by atoms with Gasteiger partial charge in [-0.25, -0.2) is 0 Å². The molecule has 1 aliphatic carbocycles.